The van der Waals surface area contributed by atoms with Gasteiger partial charge in [-0.3, -0.25) is 9.10 Å². The van der Waals surface area contributed by atoms with Gasteiger partial charge >= 0.3 is 0 Å². The van der Waals surface area contributed by atoms with Gasteiger partial charge in [-0.15, -0.1) is 0 Å². The number of hydrogen-bond acceptors (Lipinski definition) is 4. The van der Waals surface area contributed by atoms with E-state index in [0.29, 0.717) is 11.3 Å². The van der Waals surface area contributed by atoms with Crippen LogP contribution in [0.3, 0.4) is 0 Å². The van der Waals surface area contributed by atoms with Gasteiger partial charge in [0.05, 0.1) is 24.6 Å². The number of anilines is 1. The number of amides is 1. The number of sulfonamides is 1. The molecule has 1 amide bonds. The quantitative estimate of drug-likeness (QED) is 0.750. The second kappa shape index (κ2) is 8.90. The van der Waals surface area contributed by atoms with Crippen LogP contribution in [0, 0.1) is 0 Å². The molecule has 0 spiro atoms. The highest BCUT2D eigenvalue weighted by molar-refractivity contribution is 7.92. The van der Waals surface area contributed by atoms with Crippen molar-refractivity contribution >= 4 is 21.6 Å². The molecule has 0 aliphatic rings. The fourth-order valence-corrected chi connectivity index (χ4v) is 3.51. The first-order valence-corrected chi connectivity index (χ1v) is 10.4. The first-order chi connectivity index (χ1) is 12.8. The van der Waals surface area contributed by atoms with Crippen LogP contribution in [0.5, 0.6) is 5.75 Å². The van der Waals surface area contributed by atoms with Crippen molar-refractivity contribution in [2.75, 3.05) is 24.2 Å². The van der Waals surface area contributed by atoms with Crippen molar-refractivity contribution in [3.63, 3.8) is 0 Å². The minimum Gasteiger partial charge on any atom is -0.497 e. The number of nitrogens with one attached hydrogen (secondary N) is 1. The average molecular weight is 391 g/mol. The van der Waals surface area contributed by atoms with Gasteiger partial charge in [0, 0.05) is 12.6 Å². The normalized spacial score (nSPS) is 12.3. The Hall–Kier alpha value is -2.54. The summed E-state index contributed by atoms with van der Waals surface area (Å²) in [5, 5.41) is 3.02. The highest BCUT2D eigenvalue weighted by Gasteiger charge is 2.17. The van der Waals surface area contributed by atoms with E-state index in [2.05, 4.69) is 5.32 Å². The smallest absolute Gasteiger partial charge is 0.251 e. The molecule has 0 aromatic heterocycles. The number of ether oxygens (including phenoxy) is 1. The molecule has 0 radical (unpaired) electrons. The van der Waals surface area contributed by atoms with Crippen LogP contribution in [0.1, 0.15) is 42.2 Å². The minimum absolute atomic E-state index is 0.0196. The minimum atomic E-state index is -3.33. The van der Waals surface area contributed by atoms with Crippen LogP contribution in [0.15, 0.2) is 48.5 Å². The third kappa shape index (κ3) is 5.01. The molecule has 0 aliphatic carbocycles. The zero-order chi connectivity index (χ0) is 20.0. The molecular weight excluding hydrogens is 364 g/mol. The van der Waals surface area contributed by atoms with Gasteiger partial charge in [0.1, 0.15) is 5.75 Å². The van der Waals surface area contributed by atoms with Crippen molar-refractivity contribution in [2.24, 2.45) is 0 Å². The van der Waals surface area contributed by atoms with Gasteiger partial charge in [0.15, 0.2) is 0 Å². The number of hydrogen-bond donors (Lipinski definition) is 1. The van der Waals surface area contributed by atoms with Gasteiger partial charge in [-0.05, 0) is 55.3 Å². The van der Waals surface area contributed by atoms with E-state index in [4.69, 9.17) is 4.74 Å². The molecule has 27 heavy (non-hydrogen) atoms. The molecule has 146 valence electrons. The molecule has 0 fully saturated rings. The number of nitrogens with zero attached hydrogens (tertiary/aromatic N) is 1. The number of methoxy groups -OCH3 is 1. The Balaban J connectivity index is 2.12. The van der Waals surface area contributed by atoms with Gasteiger partial charge in [0.25, 0.3) is 5.91 Å². The van der Waals surface area contributed by atoms with E-state index in [1.807, 2.05) is 31.2 Å². The summed E-state index contributed by atoms with van der Waals surface area (Å²) in [7, 11) is -0.210. The fourth-order valence-electron chi connectivity index (χ4n) is 2.68. The van der Waals surface area contributed by atoms with Gasteiger partial charge in [-0.2, -0.15) is 0 Å². The van der Waals surface area contributed by atoms with E-state index in [-0.39, 0.29) is 17.7 Å². The van der Waals surface area contributed by atoms with Crippen LogP contribution in [-0.4, -0.2) is 34.2 Å². The van der Waals surface area contributed by atoms with Gasteiger partial charge < -0.3 is 10.1 Å². The highest BCUT2D eigenvalue weighted by Crippen LogP contribution is 2.22. The summed E-state index contributed by atoms with van der Waals surface area (Å²) in [6.07, 6.45) is 0.744. The van der Waals surface area contributed by atoms with Crippen molar-refractivity contribution in [3.05, 3.63) is 59.7 Å². The summed E-state index contributed by atoms with van der Waals surface area (Å²) >= 11 is 0. The summed E-state index contributed by atoms with van der Waals surface area (Å²) in [5.74, 6) is 0.582. The third-order valence-corrected chi connectivity index (χ3v) is 6.28. The molecule has 0 aliphatic heterocycles. The molecule has 2 aromatic rings. The predicted molar refractivity (Wildman–Crippen MR) is 108 cm³/mol. The zero-order valence-corrected chi connectivity index (χ0v) is 16.9. The van der Waals surface area contributed by atoms with Crippen LogP contribution in [0.25, 0.3) is 0 Å². The fraction of sp³-hybridized carbons (Fsp3) is 0.350. The number of carbonyl (C=O) groups is 1. The maximum atomic E-state index is 12.6. The maximum Gasteiger partial charge on any atom is 0.251 e. The van der Waals surface area contributed by atoms with Gasteiger partial charge in [-0.25, -0.2) is 8.42 Å². The van der Waals surface area contributed by atoms with Crippen molar-refractivity contribution < 1.29 is 17.9 Å². The second-order valence-electron chi connectivity index (χ2n) is 6.12. The van der Waals surface area contributed by atoms with Crippen LogP contribution in [-0.2, 0) is 10.0 Å². The SMILES string of the molecule is CC[C@H](NC(=O)c1ccc(N(C)S(=O)(=O)CC)cc1)c1ccc(OC)cc1. The molecule has 0 bridgehead atoms. The lowest BCUT2D eigenvalue weighted by Gasteiger charge is -2.20. The first kappa shape index (κ1) is 20.8. The summed E-state index contributed by atoms with van der Waals surface area (Å²) in [6, 6.07) is 14.0. The number of rotatable bonds is 8. The molecule has 7 heteroatoms. The molecule has 2 aromatic carbocycles. The molecule has 1 N–H and O–H groups in total. The van der Waals surface area contributed by atoms with Crippen LogP contribution in [0.4, 0.5) is 5.69 Å². The average Bonchev–Trinajstić information content (AvgIpc) is 2.71. The molecule has 1 atom stereocenters. The Kier molecular flexibility index (Phi) is 6.85. The van der Waals surface area contributed by atoms with Gasteiger partial charge in [0.2, 0.25) is 10.0 Å². The molecule has 0 saturated carbocycles. The van der Waals surface area contributed by atoms with Crippen molar-refractivity contribution in [3.8, 4) is 5.75 Å². The molecular formula is C20H26N2O4S. The maximum absolute atomic E-state index is 12.6. The Morgan fingerprint density at radius 3 is 2.15 bits per heavy atom. The monoisotopic (exact) mass is 390 g/mol. The van der Waals surface area contributed by atoms with E-state index in [9.17, 15) is 13.2 Å². The number of benzene rings is 2. The highest BCUT2D eigenvalue weighted by atomic mass is 32.2. The topological polar surface area (TPSA) is 75.7 Å². The Labute approximate surface area is 161 Å². The van der Waals surface area contributed by atoms with Crippen molar-refractivity contribution in [1.29, 1.82) is 0 Å². The summed E-state index contributed by atoms with van der Waals surface area (Å²) in [6.45, 7) is 3.60. The van der Waals surface area contributed by atoms with Crippen LogP contribution >= 0.6 is 0 Å². The second-order valence-corrected chi connectivity index (χ2v) is 8.41. The van der Waals surface area contributed by atoms with Crippen molar-refractivity contribution in [1.82, 2.24) is 5.32 Å². The summed E-state index contributed by atoms with van der Waals surface area (Å²) < 4.78 is 30.3. The predicted octanol–water partition coefficient (Wildman–Crippen LogP) is 3.36. The largest absolute Gasteiger partial charge is 0.497 e. The third-order valence-electron chi connectivity index (χ3n) is 4.51. The standard InChI is InChI=1S/C20H26N2O4S/c1-5-19(15-9-13-18(26-4)14-10-15)21-20(23)16-7-11-17(12-8-16)22(3)27(24,25)6-2/h7-14,19H,5-6H2,1-4H3,(H,21,23)/t19-/m0/s1. The number of carbonyl (C=O) groups excluding carboxylic acids is 1. The Morgan fingerprint density at radius 1 is 1.07 bits per heavy atom. The first-order valence-electron chi connectivity index (χ1n) is 8.83. The molecule has 2 rings (SSSR count). The van der Waals surface area contributed by atoms with Crippen molar-refractivity contribution in [2.45, 2.75) is 26.3 Å². The summed E-state index contributed by atoms with van der Waals surface area (Å²) in [4.78, 5) is 12.6. The molecule has 6 nitrogen and oxygen atoms in total. The Morgan fingerprint density at radius 2 is 1.67 bits per heavy atom. The van der Waals surface area contributed by atoms with Crippen LogP contribution < -0.4 is 14.4 Å². The molecule has 0 saturated heterocycles. The van der Waals surface area contributed by atoms with Gasteiger partial charge in [-0.1, -0.05) is 19.1 Å². The lowest BCUT2D eigenvalue weighted by atomic mass is 10.0. The lowest BCUT2D eigenvalue weighted by molar-refractivity contribution is 0.0935. The summed E-state index contributed by atoms with van der Waals surface area (Å²) in [5.41, 5.74) is 2.00. The van der Waals surface area contributed by atoms with E-state index in [1.165, 1.54) is 11.4 Å². The zero-order valence-electron chi connectivity index (χ0n) is 16.1. The van der Waals surface area contributed by atoms with Crippen LogP contribution in [0.2, 0.25) is 0 Å². The Bertz CT molecular complexity index is 862. The molecule has 0 heterocycles. The van der Waals surface area contributed by atoms with E-state index in [0.717, 1.165) is 17.7 Å². The molecule has 0 unspecified atom stereocenters. The van der Waals surface area contributed by atoms with E-state index in [1.54, 1.807) is 38.3 Å². The van der Waals surface area contributed by atoms with E-state index >= 15 is 0 Å². The van der Waals surface area contributed by atoms with E-state index < -0.39 is 10.0 Å². The lowest BCUT2D eigenvalue weighted by Crippen LogP contribution is -2.29.